The topological polar surface area (TPSA) is 182 Å². The minimum Gasteiger partial charge on any atom is -0.510 e. The molecule has 32 heavy (non-hydrogen) atoms. The van der Waals surface area contributed by atoms with Crippen LogP contribution in [-0.4, -0.2) is 73.6 Å². The number of phenolic OH excluding ortho intramolecular Hbond substituents is 1. The largest absolute Gasteiger partial charge is 0.510 e. The van der Waals surface area contributed by atoms with E-state index in [0.717, 1.165) is 0 Å². The Morgan fingerprint density at radius 2 is 1.78 bits per heavy atom. The van der Waals surface area contributed by atoms with Crippen LogP contribution >= 0.6 is 0 Å². The van der Waals surface area contributed by atoms with Crippen LogP contribution in [-0.2, 0) is 15.2 Å². The zero-order valence-electron chi connectivity index (χ0n) is 17.7. The predicted molar refractivity (Wildman–Crippen MR) is 110 cm³/mol. The Hall–Kier alpha value is -3.21. The third kappa shape index (κ3) is 2.48. The molecule has 7 N–H and O–H groups in total. The molecular weight excluding hydrogens is 420 g/mol. The molecule has 0 saturated heterocycles. The summed E-state index contributed by atoms with van der Waals surface area (Å²) >= 11 is 0. The zero-order chi connectivity index (χ0) is 23.9. The van der Waals surface area contributed by atoms with E-state index in [2.05, 4.69) is 0 Å². The van der Waals surface area contributed by atoms with Gasteiger partial charge >= 0.3 is 0 Å². The van der Waals surface area contributed by atoms with Crippen LogP contribution in [0.5, 0.6) is 5.75 Å². The minimum atomic E-state index is -2.75. The fraction of sp³-hybridized carbons (Fsp3) is 0.409. The molecule has 0 aliphatic heterocycles. The Bertz CT molecular complexity index is 1150. The third-order valence-electron chi connectivity index (χ3n) is 7.02. The molecule has 170 valence electrons. The van der Waals surface area contributed by atoms with E-state index in [1.54, 1.807) is 0 Å². The van der Waals surface area contributed by atoms with Gasteiger partial charge in [0.15, 0.2) is 11.4 Å². The number of ketones is 2. The highest BCUT2D eigenvalue weighted by Crippen LogP contribution is 2.56. The maximum Gasteiger partial charge on any atom is 0.255 e. The molecule has 1 aromatic carbocycles. The van der Waals surface area contributed by atoms with Crippen LogP contribution < -0.4 is 5.73 Å². The van der Waals surface area contributed by atoms with Crippen LogP contribution in [0.4, 0.5) is 0 Å². The molecule has 1 aromatic rings. The standard InChI is InChI=1S/C22H24N2O8/c1-21(31)8-5-4-6-11(25)12(8)16(26)13-9(21)7-10-15(24(2)3)17(27)14(20(23)30)19(29)22(10,32)18(13)28/h4-6,9-10,15,25,27-28,31-32H,7H2,1-3H3,(H2,23,30)/t9?,10-,15+,21+,22-/m0/s1. The lowest BCUT2D eigenvalue weighted by Gasteiger charge is -2.52. The van der Waals surface area contributed by atoms with Crippen molar-refractivity contribution in [1.82, 2.24) is 4.90 Å². The number of fused-ring (bicyclic) bond motifs is 3. The smallest absolute Gasteiger partial charge is 0.255 e. The molecule has 0 radical (unpaired) electrons. The van der Waals surface area contributed by atoms with Crippen molar-refractivity contribution >= 4 is 17.5 Å². The highest BCUT2D eigenvalue weighted by molar-refractivity contribution is 6.24. The van der Waals surface area contributed by atoms with Crippen molar-refractivity contribution in [2.75, 3.05) is 14.1 Å². The van der Waals surface area contributed by atoms with Gasteiger partial charge in [-0.25, -0.2) is 0 Å². The Balaban J connectivity index is 2.05. The molecule has 3 aliphatic rings. The fourth-order valence-corrected chi connectivity index (χ4v) is 5.51. The first-order chi connectivity index (χ1) is 14.8. The molecule has 0 spiro atoms. The molecule has 0 heterocycles. The SMILES string of the molecule is CN(C)[C@H]1C(O)=C(C(N)=O)C(=O)[C@@]2(O)C(O)=C3C(=O)c4c(O)cccc4[C@@](C)(O)C3C[C@@H]12. The van der Waals surface area contributed by atoms with Gasteiger partial charge in [0.25, 0.3) is 5.91 Å². The molecule has 1 unspecified atom stereocenters. The van der Waals surface area contributed by atoms with Crippen molar-refractivity contribution < 1.29 is 39.9 Å². The van der Waals surface area contributed by atoms with E-state index in [4.69, 9.17) is 5.73 Å². The number of aliphatic hydroxyl groups excluding tert-OH is 2. The van der Waals surface area contributed by atoms with E-state index in [-0.39, 0.29) is 17.5 Å². The summed E-state index contributed by atoms with van der Waals surface area (Å²) in [5.41, 5.74) is -0.654. The number of amides is 1. The molecule has 0 fully saturated rings. The summed E-state index contributed by atoms with van der Waals surface area (Å²) in [7, 11) is 3.06. The van der Waals surface area contributed by atoms with Gasteiger partial charge in [-0.1, -0.05) is 12.1 Å². The number of carbonyl (C=O) groups excluding carboxylic acids is 3. The molecule has 5 atom stereocenters. The Labute approximate surface area is 182 Å². The van der Waals surface area contributed by atoms with Crippen LogP contribution in [0, 0.1) is 11.8 Å². The number of benzene rings is 1. The van der Waals surface area contributed by atoms with Crippen LogP contribution in [0.1, 0.15) is 29.3 Å². The number of nitrogens with zero attached hydrogens (tertiary/aromatic N) is 1. The number of rotatable bonds is 2. The number of Topliss-reactive ketones (excluding diaryl/α,β-unsaturated/α-hetero) is 2. The van der Waals surface area contributed by atoms with Crippen LogP contribution in [0.25, 0.3) is 0 Å². The van der Waals surface area contributed by atoms with Gasteiger partial charge in [-0.2, -0.15) is 0 Å². The molecular formula is C22H24N2O8. The van der Waals surface area contributed by atoms with Crippen LogP contribution in [0.3, 0.4) is 0 Å². The first-order valence-electron chi connectivity index (χ1n) is 9.97. The zero-order valence-corrected chi connectivity index (χ0v) is 17.7. The van der Waals surface area contributed by atoms with Gasteiger partial charge in [-0.15, -0.1) is 0 Å². The van der Waals surface area contributed by atoms with E-state index in [9.17, 15) is 39.9 Å². The summed E-state index contributed by atoms with van der Waals surface area (Å²) in [6, 6.07) is 3.05. The molecule has 0 saturated carbocycles. The number of nitrogens with two attached hydrogens (primary N) is 1. The van der Waals surface area contributed by atoms with Gasteiger partial charge in [-0.3, -0.25) is 19.3 Å². The number of hydrogen-bond acceptors (Lipinski definition) is 9. The Morgan fingerprint density at radius 3 is 2.34 bits per heavy atom. The van der Waals surface area contributed by atoms with E-state index in [1.165, 1.54) is 44.1 Å². The molecule has 10 heteroatoms. The fourth-order valence-electron chi connectivity index (χ4n) is 5.51. The normalized spacial score (nSPS) is 34.4. The predicted octanol–water partition coefficient (Wildman–Crippen LogP) is -0.214. The second kappa shape index (κ2) is 6.64. The van der Waals surface area contributed by atoms with Gasteiger partial charge in [0.2, 0.25) is 5.78 Å². The van der Waals surface area contributed by atoms with Gasteiger partial charge in [0, 0.05) is 17.4 Å². The molecule has 4 rings (SSSR count). The summed E-state index contributed by atoms with van der Waals surface area (Å²) in [6.45, 7) is 1.40. The lowest BCUT2D eigenvalue weighted by Crippen LogP contribution is -2.65. The number of carbonyl (C=O) groups is 3. The molecule has 0 aromatic heterocycles. The second-order valence-corrected chi connectivity index (χ2v) is 8.96. The van der Waals surface area contributed by atoms with Crippen molar-refractivity contribution in [3.8, 4) is 5.75 Å². The summed E-state index contributed by atoms with van der Waals surface area (Å²) in [4.78, 5) is 39.9. The first-order valence-corrected chi connectivity index (χ1v) is 9.97. The van der Waals surface area contributed by atoms with Gasteiger partial charge in [-0.05, 0) is 39.1 Å². The summed E-state index contributed by atoms with van der Waals surface area (Å²) in [6.07, 6.45) is -0.200. The Morgan fingerprint density at radius 1 is 1.16 bits per heavy atom. The second-order valence-electron chi connectivity index (χ2n) is 8.96. The monoisotopic (exact) mass is 444 g/mol. The summed E-state index contributed by atoms with van der Waals surface area (Å²) < 4.78 is 0. The lowest BCUT2D eigenvalue weighted by molar-refractivity contribution is -0.151. The number of aromatic hydroxyl groups is 1. The molecule has 10 nitrogen and oxygen atoms in total. The summed E-state index contributed by atoms with van der Waals surface area (Å²) in [5.74, 6) is -7.89. The van der Waals surface area contributed by atoms with Gasteiger partial charge < -0.3 is 31.3 Å². The highest BCUT2D eigenvalue weighted by Gasteiger charge is 2.65. The average molecular weight is 444 g/mol. The van der Waals surface area contributed by atoms with Gasteiger partial charge in [0.1, 0.15) is 22.8 Å². The van der Waals surface area contributed by atoms with E-state index >= 15 is 0 Å². The van der Waals surface area contributed by atoms with E-state index in [0.29, 0.717) is 0 Å². The maximum atomic E-state index is 13.3. The van der Waals surface area contributed by atoms with Crippen molar-refractivity contribution in [1.29, 1.82) is 0 Å². The lowest BCUT2D eigenvalue weighted by atomic mass is 9.55. The highest BCUT2D eigenvalue weighted by atomic mass is 16.3. The number of likely N-dealkylation sites (N-methyl/N-ethyl adjacent to an activating group) is 1. The number of aliphatic hydroxyl groups is 4. The number of phenols is 1. The molecule has 1 amide bonds. The van der Waals surface area contributed by atoms with Crippen molar-refractivity contribution in [3.63, 3.8) is 0 Å². The van der Waals surface area contributed by atoms with E-state index < -0.39 is 75.0 Å². The van der Waals surface area contributed by atoms with Crippen molar-refractivity contribution in [2.24, 2.45) is 17.6 Å². The third-order valence-corrected chi connectivity index (χ3v) is 7.02. The molecule has 0 bridgehead atoms. The maximum absolute atomic E-state index is 13.3. The first kappa shape index (κ1) is 22.0. The average Bonchev–Trinajstić information content (AvgIpc) is 2.68. The minimum absolute atomic E-state index is 0.135. The number of primary amides is 1. The summed E-state index contributed by atoms with van der Waals surface area (Å²) in [5, 5.41) is 55.0. The Kier molecular flexibility index (Phi) is 4.57. The van der Waals surface area contributed by atoms with Crippen molar-refractivity contribution in [2.45, 2.75) is 30.6 Å². The van der Waals surface area contributed by atoms with E-state index in [1.807, 2.05) is 0 Å². The van der Waals surface area contributed by atoms with Crippen LogP contribution in [0.15, 0.2) is 40.9 Å². The number of hydrogen-bond donors (Lipinski definition) is 6. The molecule has 3 aliphatic carbocycles. The van der Waals surface area contributed by atoms with Gasteiger partial charge in [0.05, 0.1) is 17.2 Å². The quantitative estimate of drug-likeness (QED) is 0.336. The van der Waals surface area contributed by atoms with Crippen molar-refractivity contribution in [3.05, 3.63) is 52.0 Å². The van der Waals surface area contributed by atoms with Crippen LogP contribution in [0.2, 0.25) is 0 Å².